The van der Waals surface area contributed by atoms with E-state index in [-0.39, 0.29) is 5.91 Å². The molecule has 108 valence electrons. The lowest BCUT2D eigenvalue weighted by Crippen LogP contribution is -2.44. The standard InChI is InChI=1S/C14H24N2O3/c1-12(2)3-7-18-10-6-16-13(17)14(11-15)4-8-19-9-5-14/h12H,3-10H2,1-2H3,(H,16,17). The van der Waals surface area contributed by atoms with Gasteiger partial charge in [0.25, 0.3) is 0 Å². The Morgan fingerprint density at radius 1 is 1.42 bits per heavy atom. The van der Waals surface area contributed by atoms with Crippen LogP contribution in [0.25, 0.3) is 0 Å². The first-order chi connectivity index (χ1) is 9.10. The van der Waals surface area contributed by atoms with Crippen LogP contribution in [0.4, 0.5) is 0 Å². The zero-order valence-corrected chi connectivity index (χ0v) is 11.9. The van der Waals surface area contributed by atoms with Gasteiger partial charge in [-0.15, -0.1) is 0 Å². The molecule has 5 nitrogen and oxygen atoms in total. The van der Waals surface area contributed by atoms with Crippen LogP contribution in [-0.4, -0.2) is 38.9 Å². The number of ether oxygens (including phenoxy) is 2. The summed E-state index contributed by atoms with van der Waals surface area (Å²) >= 11 is 0. The second-order valence-corrected chi connectivity index (χ2v) is 5.36. The summed E-state index contributed by atoms with van der Waals surface area (Å²) in [7, 11) is 0. The number of nitrogens with zero attached hydrogens (tertiary/aromatic N) is 1. The summed E-state index contributed by atoms with van der Waals surface area (Å²) in [5.74, 6) is 0.435. The van der Waals surface area contributed by atoms with Gasteiger partial charge in [-0.25, -0.2) is 0 Å². The first kappa shape index (κ1) is 15.9. The van der Waals surface area contributed by atoms with Gasteiger partial charge in [0.2, 0.25) is 5.91 Å². The van der Waals surface area contributed by atoms with Gasteiger partial charge < -0.3 is 14.8 Å². The second kappa shape index (κ2) is 8.13. The number of hydrogen-bond donors (Lipinski definition) is 1. The minimum atomic E-state index is -0.907. The summed E-state index contributed by atoms with van der Waals surface area (Å²) in [5, 5.41) is 12.0. The Balaban J connectivity index is 2.21. The molecule has 1 amide bonds. The normalized spacial score (nSPS) is 18.0. The van der Waals surface area contributed by atoms with Crippen LogP contribution >= 0.6 is 0 Å². The van der Waals surface area contributed by atoms with Gasteiger partial charge >= 0.3 is 0 Å². The van der Waals surface area contributed by atoms with Crippen molar-refractivity contribution in [3.8, 4) is 6.07 Å². The molecule has 1 aliphatic heterocycles. The molecule has 1 rings (SSSR count). The summed E-state index contributed by atoms with van der Waals surface area (Å²) in [6.07, 6.45) is 1.97. The maximum atomic E-state index is 12.0. The maximum absolute atomic E-state index is 12.0. The molecule has 0 spiro atoms. The number of carbonyl (C=O) groups excluding carboxylic acids is 1. The van der Waals surface area contributed by atoms with Gasteiger partial charge in [0.05, 0.1) is 12.7 Å². The number of nitrogens with one attached hydrogen (secondary N) is 1. The molecular weight excluding hydrogens is 244 g/mol. The van der Waals surface area contributed by atoms with Crippen molar-refractivity contribution in [1.29, 1.82) is 5.26 Å². The number of carbonyl (C=O) groups is 1. The Labute approximate surface area is 115 Å². The summed E-state index contributed by atoms with van der Waals surface area (Å²) < 4.78 is 10.6. The molecule has 0 saturated carbocycles. The second-order valence-electron chi connectivity index (χ2n) is 5.36. The first-order valence-corrected chi connectivity index (χ1v) is 6.96. The Morgan fingerprint density at radius 2 is 2.11 bits per heavy atom. The van der Waals surface area contributed by atoms with E-state index in [0.29, 0.717) is 51.7 Å². The largest absolute Gasteiger partial charge is 0.381 e. The van der Waals surface area contributed by atoms with Crippen molar-refractivity contribution in [2.75, 3.05) is 33.0 Å². The highest BCUT2D eigenvalue weighted by Crippen LogP contribution is 2.29. The molecule has 0 bridgehead atoms. The molecule has 0 aromatic carbocycles. The van der Waals surface area contributed by atoms with E-state index in [2.05, 4.69) is 25.2 Å². The summed E-state index contributed by atoms with van der Waals surface area (Å²) in [5.41, 5.74) is -0.907. The van der Waals surface area contributed by atoms with Gasteiger partial charge in [0.15, 0.2) is 0 Å². The van der Waals surface area contributed by atoms with Crippen LogP contribution in [-0.2, 0) is 14.3 Å². The van der Waals surface area contributed by atoms with Crippen LogP contribution in [0.2, 0.25) is 0 Å². The molecule has 0 radical (unpaired) electrons. The molecule has 5 heteroatoms. The van der Waals surface area contributed by atoms with E-state index < -0.39 is 5.41 Å². The van der Waals surface area contributed by atoms with Gasteiger partial charge in [-0.2, -0.15) is 5.26 Å². The van der Waals surface area contributed by atoms with E-state index in [1.54, 1.807) is 0 Å². The highest BCUT2D eigenvalue weighted by molar-refractivity contribution is 5.85. The van der Waals surface area contributed by atoms with Gasteiger partial charge in [0.1, 0.15) is 5.41 Å². The zero-order chi connectivity index (χ0) is 14.1. The third-order valence-corrected chi connectivity index (χ3v) is 3.37. The fraction of sp³-hybridized carbons (Fsp3) is 0.857. The van der Waals surface area contributed by atoms with Gasteiger partial charge in [0, 0.05) is 26.4 Å². The average molecular weight is 268 g/mol. The van der Waals surface area contributed by atoms with Gasteiger partial charge in [-0.05, 0) is 25.2 Å². The number of rotatable bonds is 7. The van der Waals surface area contributed by atoms with Crippen LogP contribution < -0.4 is 5.32 Å². The zero-order valence-electron chi connectivity index (χ0n) is 11.9. The van der Waals surface area contributed by atoms with Gasteiger partial charge in [-0.1, -0.05) is 13.8 Å². The van der Waals surface area contributed by atoms with E-state index in [0.717, 1.165) is 6.42 Å². The maximum Gasteiger partial charge on any atom is 0.240 e. The Hall–Kier alpha value is -1.12. The van der Waals surface area contributed by atoms with Crippen LogP contribution in [0.3, 0.4) is 0 Å². The fourth-order valence-electron chi connectivity index (χ4n) is 1.94. The van der Waals surface area contributed by atoms with Crippen molar-refractivity contribution in [3.05, 3.63) is 0 Å². The van der Waals surface area contributed by atoms with E-state index in [1.165, 1.54) is 0 Å². The lowest BCUT2D eigenvalue weighted by molar-refractivity contribution is -0.132. The predicted molar refractivity (Wildman–Crippen MR) is 71.4 cm³/mol. The van der Waals surface area contributed by atoms with Crippen LogP contribution in [0.1, 0.15) is 33.1 Å². The highest BCUT2D eigenvalue weighted by atomic mass is 16.5. The lowest BCUT2D eigenvalue weighted by atomic mass is 9.81. The smallest absolute Gasteiger partial charge is 0.240 e. The summed E-state index contributed by atoms with van der Waals surface area (Å²) in [6, 6.07) is 2.15. The van der Waals surface area contributed by atoms with Crippen molar-refractivity contribution in [2.24, 2.45) is 11.3 Å². The number of hydrogen-bond acceptors (Lipinski definition) is 4. The molecule has 0 aromatic rings. The predicted octanol–water partition coefficient (Wildman–Crippen LogP) is 1.49. The molecule has 1 N–H and O–H groups in total. The van der Waals surface area contributed by atoms with E-state index in [4.69, 9.17) is 9.47 Å². The van der Waals surface area contributed by atoms with E-state index >= 15 is 0 Å². The molecule has 0 aliphatic carbocycles. The van der Waals surface area contributed by atoms with Crippen LogP contribution in [0.5, 0.6) is 0 Å². The van der Waals surface area contributed by atoms with E-state index in [9.17, 15) is 10.1 Å². The van der Waals surface area contributed by atoms with Crippen LogP contribution in [0, 0.1) is 22.7 Å². The Bertz CT molecular complexity index is 317. The topological polar surface area (TPSA) is 71.3 Å². The minimum absolute atomic E-state index is 0.189. The highest BCUT2D eigenvalue weighted by Gasteiger charge is 2.40. The third-order valence-electron chi connectivity index (χ3n) is 3.37. The summed E-state index contributed by atoms with van der Waals surface area (Å²) in [4.78, 5) is 12.0. The Kier molecular flexibility index (Phi) is 6.82. The number of nitriles is 1. The molecule has 19 heavy (non-hydrogen) atoms. The lowest BCUT2D eigenvalue weighted by Gasteiger charge is -2.29. The first-order valence-electron chi connectivity index (χ1n) is 6.96. The van der Waals surface area contributed by atoms with Crippen molar-refractivity contribution in [2.45, 2.75) is 33.1 Å². The molecular formula is C14H24N2O3. The molecule has 0 aromatic heterocycles. The summed E-state index contributed by atoms with van der Waals surface area (Å²) in [6.45, 7) is 6.92. The minimum Gasteiger partial charge on any atom is -0.381 e. The van der Waals surface area contributed by atoms with Crippen molar-refractivity contribution < 1.29 is 14.3 Å². The average Bonchev–Trinajstić information content (AvgIpc) is 2.42. The molecule has 1 heterocycles. The van der Waals surface area contributed by atoms with Crippen molar-refractivity contribution in [3.63, 3.8) is 0 Å². The fourth-order valence-corrected chi connectivity index (χ4v) is 1.94. The molecule has 1 saturated heterocycles. The molecule has 1 fully saturated rings. The monoisotopic (exact) mass is 268 g/mol. The SMILES string of the molecule is CC(C)CCOCCNC(=O)C1(C#N)CCOCC1. The van der Waals surface area contributed by atoms with Crippen molar-refractivity contribution in [1.82, 2.24) is 5.32 Å². The quantitative estimate of drug-likeness (QED) is 0.710. The van der Waals surface area contributed by atoms with Gasteiger partial charge in [-0.3, -0.25) is 4.79 Å². The van der Waals surface area contributed by atoms with Crippen LogP contribution in [0.15, 0.2) is 0 Å². The van der Waals surface area contributed by atoms with Crippen molar-refractivity contribution >= 4 is 5.91 Å². The molecule has 0 unspecified atom stereocenters. The third kappa shape index (κ3) is 5.17. The van der Waals surface area contributed by atoms with E-state index in [1.807, 2.05) is 0 Å². The Morgan fingerprint density at radius 3 is 2.68 bits per heavy atom. The molecule has 1 aliphatic rings. The molecule has 0 atom stereocenters. The number of amides is 1.